The lowest BCUT2D eigenvalue weighted by Crippen LogP contribution is -2.25. The third kappa shape index (κ3) is 4.91. The first kappa shape index (κ1) is 16.0. The van der Waals surface area contributed by atoms with E-state index in [0.29, 0.717) is 5.75 Å². The van der Waals surface area contributed by atoms with Gasteiger partial charge in [0.05, 0.1) is 11.5 Å². The van der Waals surface area contributed by atoms with Crippen molar-refractivity contribution in [2.75, 3.05) is 6.61 Å². The van der Waals surface area contributed by atoms with E-state index in [9.17, 15) is 9.59 Å². The molecule has 0 saturated heterocycles. The quantitative estimate of drug-likeness (QED) is 0.777. The zero-order valence-corrected chi connectivity index (χ0v) is 12.0. The Morgan fingerprint density at radius 3 is 2.30 bits per heavy atom. The summed E-state index contributed by atoms with van der Waals surface area (Å²) in [6, 6.07) is 6.08. The number of carboxylic acid groups (broad SMARTS) is 1. The molecule has 2 atom stereocenters. The number of hydrogen-bond donors (Lipinski definition) is 1. The summed E-state index contributed by atoms with van der Waals surface area (Å²) in [6.07, 6.45) is 0.388. The molecule has 0 aliphatic rings. The Bertz CT molecular complexity index is 452. The molecular weight excluding hydrogens is 260 g/mol. The van der Waals surface area contributed by atoms with Crippen LogP contribution in [0.4, 0.5) is 0 Å². The van der Waals surface area contributed by atoms with E-state index in [1.165, 1.54) is 12.1 Å². The van der Waals surface area contributed by atoms with Crippen molar-refractivity contribution in [3.8, 4) is 5.75 Å². The van der Waals surface area contributed by atoms with Crippen molar-refractivity contribution in [1.82, 2.24) is 0 Å². The number of rotatable bonds is 7. The lowest BCUT2D eigenvalue weighted by molar-refractivity contribution is -0.154. The number of aromatic carboxylic acids is 1. The zero-order valence-electron chi connectivity index (χ0n) is 12.0. The van der Waals surface area contributed by atoms with Crippen LogP contribution in [0.1, 0.15) is 37.6 Å². The molecule has 5 heteroatoms. The summed E-state index contributed by atoms with van der Waals surface area (Å²) in [5, 5.41) is 8.77. The van der Waals surface area contributed by atoms with Gasteiger partial charge in [-0.05, 0) is 37.6 Å². The minimum atomic E-state index is -0.979. The van der Waals surface area contributed by atoms with Crippen molar-refractivity contribution >= 4 is 11.9 Å². The highest BCUT2D eigenvalue weighted by molar-refractivity contribution is 5.87. The number of carbonyl (C=O) groups excluding carboxylic acids is 1. The van der Waals surface area contributed by atoms with Crippen LogP contribution in [0.2, 0.25) is 0 Å². The molecule has 1 aromatic carbocycles. The smallest absolute Gasteiger partial charge is 0.335 e. The summed E-state index contributed by atoms with van der Waals surface area (Å²) >= 11 is 0. The third-order valence-corrected chi connectivity index (χ3v) is 2.92. The Labute approximate surface area is 118 Å². The Hall–Kier alpha value is -2.04. The molecule has 0 amide bonds. The molecule has 0 spiro atoms. The summed E-state index contributed by atoms with van der Waals surface area (Å²) in [4.78, 5) is 22.3. The molecule has 0 heterocycles. The van der Waals surface area contributed by atoms with Crippen LogP contribution in [0.15, 0.2) is 24.3 Å². The van der Waals surface area contributed by atoms with Crippen LogP contribution in [0.25, 0.3) is 0 Å². The van der Waals surface area contributed by atoms with Gasteiger partial charge < -0.3 is 14.6 Å². The highest BCUT2D eigenvalue weighted by Gasteiger charge is 2.16. The van der Waals surface area contributed by atoms with E-state index in [2.05, 4.69) is 0 Å². The van der Waals surface area contributed by atoms with Gasteiger partial charge in [0.1, 0.15) is 18.5 Å². The third-order valence-electron chi connectivity index (χ3n) is 2.92. The second kappa shape index (κ2) is 7.53. The fourth-order valence-corrected chi connectivity index (χ4v) is 1.42. The zero-order chi connectivity index (χ0) is 15.1. The van der Waals surface area contributed by atoms with E-state index in [-0.39, 0.29) is 30.2 Å². The lowest BCUT2D eigenvalue weighted by atomic mass is 10.1. The first-order valence-electron chi connectivity index (χ1n) is 6.60. The van der Waals surface area contributed by atoms with Crippen molar-refractivity contribution < 1.29 is 24.2 Å². The van der Waals surface area contributed by atoms with Gasteiger partial charge in [-0.25, -0.2) is 4.79 Å². The molecule has 0 bridgehead atoms. The van der Waals surface area contributed by atoms with E-state index in [1.807, 2.05) is 13.8 Å². The molecule has 1 N–H and O–H groups in total. The lowest BCUT2D eigenvalue weighted by Gasteiger charge is -2.16. The fraction of sp³-hybridized carbons (Fsp3) is 0.467. The fourth-order valence-electron chi connectivity index (χ4n) is 1.42. The number of carbonyl (C=O) groups is 2. The van der Waals surface area contributed by atoms with Gasteiger partial charge in [0.25, 0.3) is 0 Å². The van der Waals surface area contributed by atoms with Crippen molar-refractivity contribution in [1.29, 1.82) is 0 Å². The van der Waals surface area contributed by atoms with Crippen LogP contribution in [0.5, 0.6) is 5.75 Å². The van der Waals surface area contributed by atoms with Crippen LogP contribution in [0, 0.1) is 5.92 Å². The van der Waals surface area contributed by atoms with Crippen LogP contribution in [0.3, 0.4) is 0 Å². The first-order chi connectivity index (χ1) is 9.43. The summed E-state index contributed by atoms with van der Waals surface area (Å²) < 4.78 is 10.7. The van der Waals surface area contributed by atoms with Crippen molar-refractivity contribution in [2.24, 2.45) is 5.92 Å². The largest absolute Gasteiger partial charge is 0.490 e. The van der Waals surface area contributed by atoms with Gasteiger partial charge in [-0.15, -0.1) is 0 Å². The Balaban J connectivity index is 2.42. The average molecular weight is 280 g/mol. The van der Waals surface area contributed by atoms with E-state index >= 15 is 0 Å². The van der Waals surface area contributed by atoms with Gasteiger partial charge in [-0.2, -0.15) is 0 Å². The van der Waals surface area contributed by atoms with Gasteiger partial charge in [0.2, 0.25) is 0 Å². The summed E-state index contributed by atoms with van der Waals surface area (Å²) in [5.41, 5.74) is 0.202. The van der Waals surface area contributed by atoms with Crippen molar-refractivity contribution in [2.45, 2.75) is 33.3 Å². The summed E-state index contributed by atoms with van der Waals surface area (Å²) in [5.74, 6) is -0.786. The Morgan fingerprint density at radius 1 is 1.20 bits per heavy atom. The predicted molar refractivity (Wildman–Crippen MR) is 73.9 cm³/mol. The topological polar surface area (TPSA) is 72.8 Å². The molecule has 20 heavy (non-hydrogen) atoms. The average Bonchev–Trinajstić information content (AvgIpc) is 2.44. The number of hydrogen-bond acceptors (Lipinski definition) is 4. The molecule has 5 nitrogen and oxygen atoms in total. The number of ether oxygens (including phenoxy) is 2. The second-order valence-electron chi connectivity index (χ2n) is 4.70. The molecule has 1 rings (SSSR count). The van der Waals surface area contributed by atoms with Gasteiger partial charge in [-0.3, -0.25) is 4.79 Å². The molecule has 0 fully saturated rings. The number of carboxylic acids is 1. The van der Waals surface area contributed by atoms with E-state index < -0.39 is 5.97 Å². The summed E-state index contributed by atoms with van der Waals surface area (Å²) in [6.45, 7) is 5.73. The predicted octanol–water partition coefficient (Wildman–Crippen LogP) is 2.74. The molecule has 1 aromatic rings. The molecule has 0 radical (unpaired) electrons. The van der Waals surface area contributed by atoms with Gasteiger partial charge in [-0.1, -0.05) is 13.8 Å². The van der Waals surface area contributed by atoms with Crippen LogP contribution >= 0.6 is 0 Å². The number of benzene rings is 1. The maximum Gasteiger partial charge on any atom is 0.335 e. The standard InChI is InChI=1S/C15H20O5/c1-4-10(2)15(18)20-11(3)9-19-13-7-5-12(6-8-13)14(16)17/h5-8,10-11H,4,9H2,1-3H3,(H,16,17). The molecule has 2 unspecified atom stereocenters. The maximum atomic E-state index is 11.6. The molecule has 0 saturated carbocycles. The van der Waals surface area contributed by atoms with Crippen LogP contribution in [-0.4, -0.2) is 29.8 Å². The SMILES string of the molecule is CCC(C)C(=O)OC(C)COc1ccc(C(=O)O)cc1. The molecule has 0 aliphatic carbocycles. The Morgan fingerprint density at radius 2 is 1.80 bits per heavy atom. The monoisotopic (exact) mass is 280 g/mol. The van der Waals surface area contributed by atoms with Gasteiger partial charge in [0.15, 0.2) is 0 Å². The molecule has 110 valence electrons. The van der Waals surface area contributed by atoms with Crippen LogP contribution < -0.4 is 4.74 Å². The van der Waals surface area contributed by atoms with E-state index in [4.69, 9.17) is 14.6 Å². The van der Waals surface area contributed by atoms with E-state index in [1.54, 1.807) is 19.1 Å². The normalized spacial score (nSPS) is 13.3. The highest BCUT2D eigenvalue weighted by atomic mass is 16.6. The first-order valence-corrected chi connectivity index (χ1v) is 6.60. The second-order valence-corrected chi connectivity index (χ2v) is 4.70. The van der Waals surface area contributed by atoms with Crippen molar-refractivity contribution in [3.63, 3.8) is 0 Å². The maximum absolute atomic E-state index is 11.6. The van der Waals surface area contributed by atoms with Crippen molar-refractivity contribution in [3.05, 3.63) is 29.8 Å². The molecule has 0 aromatic heterocycles. The number of esters is 1. The minimum absolute atomic E-state index is 0.118. The minimum Gasteiger partial charge on any atom is -0.490 e. The van der Waals surface area contributed by atoms with Crippen LogP contribution in [-0.2, 0) is 9.53 Å². The molecule has 0 aliphatic heterocycles. The summed E-state index contributed by atoms with van der Waals surface area (Å²) in [7, 11) is 0. The van der Waals surface area contributed by atoms with Gasteiger partial charge in [0, 0.05) is 0 Å². The molecular formula is C15H20O5. The van der Waals surface area contributed by atoms with E-state index in [0.717, 1.165) is 6.42 Å². The van der Waals surface area contributed by atoms with Gasteiger partial charge >= 0.3 is 11.9 Å². The highest BCUT2D eigenvalue weighted by Crippen LogP contribution is 2.13. The Kier molecular flexibility index (Phi) is 6.03.